The van der Waals surface area contributed by atoms with Gasteiger partial charge in [0.1, 0.15) is 12.1 Å². The van der Waals surface area contributed by atoms with E-state index in [2.05, 4.69) is 10.1 Å². The molecule has 2 aromatic rings. The van der Waals surface area contributed by atoms with Gasteiger partial charge in [-0.2, -0.15) is 4.98 Å². The summed E-state index contributed by atoms with van der Waals surface area (Å²) in [6, 6.07) is 3.95. The van der Waals surface area contributed by atoms with Crippen LogP contribution >= 0.6 is 0 Å². The third-order valence-electron chi connectivity index (χ3n) is 2.17. The molecule has 1 heterocycles. The largest absolute Gasteiger partial charge is 0.344 e. The predicted molar refractivity (Wildman–Crippen MR) is 59.4 cm³/mol. The van der Waals surface area contributed by atoms with Gasteiger partial charge in [0.25, 0.3) is 11.8 Å². The molecular formula is C11H10FN3O2. The highest BCUT2D eigenvalue weighted by atomic mass is 19.1. The number of benzene rings is 1. The third-order valence-corrected chi connectivity index (χ3v) is 2.17. The monoisotopic (exact) mass is 235 g/mol. The SMILES string of the molecule is CN(C)c1noc(-c2cc(C=O)ccc2F)n1. The van der Waals surface area contributed by atoms with Crippen molar-refractivity contribution in [3.63, 3.8) is 0 Å². The van der Waals surface area contributed by atoms with Crippen molar-refractivity contribution in [2.45, 2.75) is 0 Å². The van der Waals surface area contributed by atoms with Crippen LogP contribution in [0.3, 0.4) is 0 Å². The van der Waals surface area contributed by atoms with Gasteiger partial charge in [0.2, 0.25) is 0 Å². The molecule has 0 aliphatic carbocycles. The van der Waals surface area contributed by atoms with Crippen molar-refractivity contribution in [3.05, 3.63) is 29.6 Å². The zero-order valence-electron chi connectivity index (χ0n) is 9.35. The molecule has 88 valence electrons. The van der Waals surface area contributed by atoms with Crippen molar-refractivity contribution in [3.8, 4) is 11.5 Å². The van der Waals surface area contributed by atoms with Crippen LogP contribution in [0.15, 0.2) is 22.7 Å². The average Bonchev–Trinajstić information content (AvgIpc) is 2.79. The third kappa shape index (κ3) is 2.15. The molecule has 0 N–H and O–H groups in total. The fraction of sp³-hybridized carbons (Fsp3) is 0.182. The van der Waals surface area contributed by atoms with Crippen LogP contribution in [0.1, 0.15) is 10.4 Å². The molecule has 0 bridgehead atoms. The molecule has 0 radical (unpaired) electrons. The summed E-state index contributed by atoms with van der Waals surface area (Å²) in [6.45, 7) is 0. The van der Waals surface area contributed by atoms with Crippen LogP contribution in [-0.4, -0.2) is 30.5 Å². The van der Waals surface area contributed by atoms with Crippen molar-refractivity contribution >= 4 is 12.2 Å². The number of halogens is 1. The number of rotatable bonds is 3. The first-order chi connectivity index (χ1) is 8.11. The Hall–Kier alpha value is -2.24. The summed E-state index contributed by atoms with van der Waals surface area (Å²) in [5.74, 6) is -0.115. The highest BCUT2D eigenvalue weighted by Crippen LogP contribution is 2.23. The van der Waals surface area contributed by atoms with E-state index in [0.717, 1.165) is 0 Å². The van der Waals surface area contributed by atoms with Gasteiger partial charge >= 0.3 is 0 Å². The van der Waals surface area contributed by atoms with Gasteiger partial charge < -0.3 is 9.42 Å². The summed E-state index contributed by atoms with van der Waals surface area (Å²) in [6.07, 6.45) is 0.631. The predicted octanol–water partition coefficient (Wildman–Crippen LogP) is 1.75. The van der Waals surface area contributed by atoms with Gasteiger partial charge in [-0.05, 0) is 23.4 Å². The molecule has 6 heteroatoms. The molecule has 17 heavy (non-hydrogen) atoms. The van der Waals surface area contributed by atoms with Crippen LogP contribution in [0.4, 0.5) is 10.3 Å². The Kier molecular flexibility index (Phi) is 2.86. The highest BCUT2D eigenvalue weighted by molar-refractivity contribution is 5.77. The van der Waals surface area contributed by atoms with E-state index in [0.29, 0.717) is 17.8 Å². The second kappa shape index (κ2) is 4.32. The van der Waals surface area contributed by atoms with Crippen LogP contribution in [0.25, 0.3) is 11.5 Å². The number of carbonyl (C=O) groups is 1. The summed E-state index contributed by atoms with van der Waals surface area (Å²) >= 11 is 0. The Morgan fingerprint density at radius 1 is 1.41 bits per heavy atom. The van der Waals surface area contributed by atoms with Gasteiger partial charge in [-0.15, -0.1) is 0 Å². The first-order valence-corrected chi connectivity index (χ1v) is 4.88. The smallest absolute Gasteiger partial charge is 0.265 e. The maximum atomic E-state index is 13.5. The summed E-state index contributed by atoms with van der Waals surface area (Å²) in [7, 11) is 3.49. The number of nitrogens with zero attached hydrogens (tertiary/aromatic N) is 3. The standard InChI is InChI=1S/C11H10FN3O2/c1-15(2)11-13-10(17-14-11)8-5-7(6-16)3-4-9(8)12/h3-6H,1-2H3. The molecule has 0 saturated heterocycles. The van der Waals surface area contributed by atoms with E-state index in [9.17, 15) is 9.18 Å². The molecule has 0 amide bonds. The van der Waals surface area contributed by atoms with E-state index in [1.165, 1.54) is 18.2 Å². The van der Waals surface area contributed by atoms with Gasteiger partial charge in [-0.1, -0.05) is 0 Å². The first kappa shape index (κ1) is 11.3. The number of aldehydes is 1. The minimum Gasteiger partial charge on any atom is -0.344 e. The highest BCUT2D eigenvalue weighted by Gasteiger charge is 2.14. The van der Waals surface area contributed by atoms with E-state index >= 15 is 0 Å². The fourth-order valence-corrected chi connectivity index (χ4v) is 1.29. The topological polar surface area (TPSA) is 59.2 Å². The van der Waals surface area contributed by atoms with Crippen molar-refractivity contribution < 1.29 is 13.7 Å². The summed E-state index contributed by atoms with van der Waals surface area (Å²) in [5, 5.41) is 3.67. The Morgan fingerprint density at radius 3 is 2.76 bits per heavy atom. The summed E-state index contributed by atoms with van der Waals surface area (Å²) < 4.78 is 18.5. The number of hydrogen-bond acceptors (Lipinski definition) is 5. The second-order valence-electron chi connectivity index (χ2n) is 3.65. The van der Waals surface area contributed by atoms with Crippen LogP contribution in [0.5, 0.6) is 0 Å². The average molecular weight is 235 g/mol. The Morgan fingerprint density at radius 2 is 2.18 bits per heavy atom. The van der Waals surface area contributed by atoms with Gasteiger partial charge in [0.15, 0.2) is 0 Å². The molecule has 0 aliphatic rings. The van der Waals surface area contributed by atoms with Crippen LogP contribution in [-0.2, 0) is 0 Å². The lowest BCUT2D eigenvalue weighted by atomic mass is 10.1. The fourth-order valence-electron chi connectivity index (χ4n) is 1.29. The molecule has 1 aromatic heterocycles. The molecule has 0 unspecified atom stereocenters. The number of anilines is 1. The number of hydrogen-bond donors (Lipinski definition) is 0. The molecule has 0 aliphatic heterocycles. The Balaban J connectivity index is 2.47. The first-order valence-electron chi connectivity index (χ1n) is 4.88. The molecular weight excluding hydrogens is 225 g/mol. The van der Waals surface area contributed by atoms with Crippen molar-refractivity contribution in [1.29, 1.82) is 0 Å². The summed E-state index contributed by atoms with van der Waals surface area (Å²) in [5.41, 5.74) is 0.473. The van der Waals surface area contributed by atoms with Crippen molar-refractivity contribution in [2.24, 2.45) is 0 Å². The molecule has 2 rings (SSSR count). The lowest BCUT2D eigenvalue weighted by molar-refractivity contribution is 0.112. The number of carbonyl (C=O) groups excluding carboxylic acids is 1. The van der Waals surface area contributed by atoms with E-state index in [-0.39, 0.29) is 11.5 Å². The van der Waals surface area contributed by atoms with Crippen LogP contribution in [0.2, 0.25) is 0 Å². The normalized spacial score (nSPS) is 10.3. The van der Waals surface area contributed by atoms with Gasteiger partial charge in [-0.3, -0.25) is 4.79 Å². The van der Waals surface area contributed by atoms with Crippen LogP contribution < -0.4 is 4.90 Å². The number of aromatic nitrogens is 2. The van der Waals surface area contributed by atoms with Gasteiger partial charge in [-0.25, -0.2) is 4.39 Å². The lowest BCUT2D eigenvalue weighted by Crippen LogP contribution is -2.10. The summed E-state index contributed by atoms with van der Waals surface area (Å²) in [4.78, 5) is 16.3. The van der Waals surface area contributed by atoms with E-state index in [1.807, 2.05) is 0 Å². The van der Waals surface area contributed by atoms with E-state index in [1.54, 1.807) is 19.0 Å². The van der Waals surface area contributed by atoms with Crippen molar-refractivity contribution in [1.82, 2.24) is 10.1 Å². The molecule has 0 saturated carbocycles. The van der Waals surface area contributed by atoms with Gasteiger partial charge in [0, 0.05) is 19.7 Å². The van der Waals surface area contributed by atoms with Crippen molar-refractivity contribution in [2.75, 3.05) is 19.0 Å². The minimum atomic E-state index is -0.510. The lowest BCUT2D eigenvalue weighted by Gasteiger charge is -2.02. The maximum absolute atomic E-state index is 13.5. The van der Waals surface area contributed by atoms with Gasteiger partial charge in [0.05, 0.1) is 5.56 Å². The maximum Gasteiger partial charge on any atom is 0.265 e. The Labute approximate surface area is 96.9 Å². The van der Waals surface area contributed by atoms with E-state index in [4.69, 9.17) is 4.52 Å². The molecule has 0 fully saturated rings. The Bertz CT molecular complexity index is 551. The molecule has 0 spiro atoms. The second-order valence-corrected chi connectivity index (χ2v) is 3.65. The van der Waals surface area contributed by atoms with Crippen LogP contribution in [0, 0.1) is 5.82 Å². The minimum absolute atomic E-state index is 0.0508. The zero-order chi connectivity index (χ0) is 12.4. The molecule has 0 atom stereocenters. The quantitative estimate of drug-likeness (QED) is 0.758. The van der Waals surface area contributed by atoms with E-state index < -0.39 is 5.82 Å². The molecule has 5 nitrogen and oxygen atoms in total. The molecule has 1 aromatic carbocycles. The zero-order valence-corrected chi connectivity index (χ0v) is 9.35.